The molecular formula is C22H20FN3O3S2. The molecule has 0 N–H and O–H groups in total. The maximum Gasteiger partial charge on any atom is 0.230 e. The third-order valence-corrected chi connectivity index (χ3v) is 7.66. The van der Waals surface area contributed by atoms with Crippen LogP contribution in [0.2, 0.25) is 0 Å². The van der Waals surface area contributed by atoms with E-state index in [4.69, 9.17) is 0 Å². The van der Waals surface area contributed by atoms with E-state index >= 15 is 0 Å². The summed E-state index contributed by atoms with van der Waals surface area (Å²) in [5.41, 5.74) is 1.23. The van der Waals surface area contributed by atoms with Gasteiger partial charge in [-0.05, 0) is 42.7 Å². The van der Waals surface area contributed by atoms with Gasteiger partial charge in [0.2, 0.25) is 5.91 Å². The van der Waals surface area contributed by atoms with Gasteiger partial charge >= 0.3 is 0 Å². The molecule has 31 heavy (non-hydrogen) atoms. The number of nitrogens with zero attached hydrogens (tertiary/aromatic N) is 3. The number of fused-ring (bicyclic) bond motifs is 1. The number of carbonyl (C=O) groups excluding carboxylic acids is 1. The fourth-order valence-corrected chi connectivity index (χ4v) is 5.55. The van der Waals surface area contributed by atoms with Gasteiger partial charge in [0, 0.05) is 24.9 Å². The number of benzene rings is 1. The fourth-order valence-electron chi connectivity index (χ4n) is 3.24. The Bertz CT molecular complexity index is 1270. The lowest BCUT2D eigenvalue weighted by Crippen LogP contribution is -2.31. The van der Waals surface area contributed by atoms with Gasteiger partial charge in [-0.3, -0.25) is 14.7 Å². The second-order valence-electron chi connectivity index (χ2n) is 7.10. The van der Waals surface area contributed by atoms with Gasteiger partial charge in [-0.2, -0.15) is 0 Å². The Morgan fingerprint density at radius 1 is 1.23 bits per heavy atom. The lowest BCUT2D eigenvalue weighted by molar-refractivity contribution is -0.118. The van der Waals surface area contributed by atoms with Gasteiger partial charge < -0.3 is 0 Å². The first kappa shape index (κ1) is 21.3. The summed E-state index contributed by atoms with van der Waals surface area (Å²) in [6, 6.07) is 7.86. The Balaban J connectivity index is 1.59. The molecule has 1 amide bonds. The molecule has 0 spiro atoms. The van der Waals surface area contributed by atoms with Crippen LogP contribution >= 0.6 is 11.3 Å². The summed E-state index contributed by atoms with van der Waals surface area (Å²) >= 11 is 1.26. The van der Waals surface area contributed by atoms with E-state index in [1.807, 2.05) is 12.1 Å². The van der Waals surface area contributed by atoms with E-state index in [1.54, 1.807) is 36.7 Å². The SMILES string of the molecule is O=C(CCS(=O)(=O)C1=CCCC=C1)N(Cc1cccnc1)c1nc2cc(F)ccc2s1. The third kappa shape index (κ3) is 5.05. The van der Waals surface area contributed by atoms with Gasteiger partial charge in [-0.1, -0.05) is 29.6 Å². The van der Waals surface area contributed by atoms with Crippen molar-refractivity contribution in [3.05, 3.63) is 77.2 Å². The number of halogens is 1. The molecule has 0 fully saturated rings. The number of allylic oxidation sites excluding steroid dienone is 3. The number of rotatable bonds is 7. The predicted octanol–water partition coefficient (Wildman–Crippen LogP) is 4.40. The summed E-state index contributed by atoms with van der Waals surface area (Å²) in [5, 5.41) is 0.392. The number of anilines is 1. The van der Waals surface area contributed by atoms with Crippen LogP contribution in [0.5, 0.6) is 0 Å². The molecule has 0 aliphatic heterocycles. The zero-order valence-electron chi connectivity index (χ0n) is 16.6. The fraction of sp³-hybridized carbons (Fsp3) is 0.227. The number of amides is 1. The van der Waals surface area contributed by atoms with E-state index in [1.165, 1.54) is 28.4 Å². The number of aromatic nitrogens is 2. The normalized spacial score (nSPS) is 13.9. The van der Waals surface area contributed by atoms with Gasteiger partial charge in [-0.25, -0.2) is 17.8 Å². The van der Waals surface area contributed by atoms with Crippen molar-refractivity contribution in [1.82, 2.24) is 9.97 Å². The highest BCUT2D eigenvalue weighted by atomic mass is 32.2. The number of thiazole rings is 1. The summed E-state index contributed by atoms with van der Waals surface area (Å²) < 4.78 is 39.6. The zero-order chi connectivity index (χ0) is 21.8. The summed E-state index contributed by atoms with van der Waals surface area (Å²) in [6.45, 7) is 0.192. The van der Waals surface area contributed by atoms with Crippen molar-refractivity contribution in [3.63, 3.8) is 0 Å². The summed E-state index contributed by atoms with van der Waals surface area (Å²) in [5.74, 6) is -1.06. The van der Waals surface area contributed by atoms with E-state index in [0.717, 1.165) is 16.7 Å². The topological polar surface area (TPSA) is 80.2 Å². The van der Waals surface area contributed by atoms with Crippen LogP contribution in [0, 0.1) is 5.82 Å². The summed E-state index contributed by atoms with van der Waals surface area (Å²) in [4.78, 5) is 23.3. The minimum atomic E-state index is -3.55. The molecule has 0 unspecified atom stereocenters. The molecular weight excluding hydrogens is 437 g/mol. The Morgan fingerprint density at radius 3 is 2.84 bits per heavy atom. The number of pyridine rings is 1. The number of hydrogen-bond acceptors (Lipinski definition) is 6. The van der Waals surface area contributed by atoms with Crippen LogP contribution in [0.25, 0.3) is 10.2 Å². The van der Waals surface area contributed by atoms with Gasteiger partial charge in [0.25, 0.3) is 0 Å². The number of carbonyl (C=O) groups is 1. The average molecular weight is 458 g/mol. The van der Waals surface area contributed by atoms with Crippen molar-refractivity contribution in [1.29, 1.82) is 0 Å². The smallest absolute Gasteiger partial charge is 0.230 e. The molecule has 0 bridgehead atoms. The van der Waals surface area contributed by atoms with E-state index in [9.17, 15) is 17.6 Å². The standard InChI is InChI=1S/C22H20FN3O3S2/c23-17-8-9-20-19(13-17)25-22(30-20)26(15-16-5-4-11-24-14-16)21(27)10-12-31(28,29)18-6-2-1-3-7-18/h2,4-9,11,13-14H,1,3,10,12,15H2. The van der Waals surface area contributed by atoms with Gasteiger partial charge in [-0.15, -0.1) is 0 Å². The Hall–Kier alpha value is -2.91. The van der Waals surface area contributed by atoms with Crippen molar-refractivity contribution < 1.29 is 17.6 Å². The van der Waals surface area contributed by atoms with Gasteiger partial charge in [0.05, 0.1) is 27.4 Å². The quantitative estimate of drug-likeness (QED) is 0.525. The minimum Gasteiger partial charge on any atom is -0.284 e. The van der Waals surface area contributed by atoms with Crippen molar-refractivity contribution in [2.24, 2.45) is 0 Å². The van der Waals surface area contributed by atoms with E-state index in [0.29, 0.717) is 17.1 Å². The largest absolute Gasteiger partial charge is 0.284 e. The molecule has 2 heterocycles. The van der Waals surface area contributed by atoms with E-state index < -0.39 is 15.7 Å². The van der Waals surface area contributed by atoms with Crippen LogP contribution in [-0.4, -0.2) is 30.0 Å². The lowest BCUT2D eigenvalue weighted by Gasteiger charge is -2.20. The highest BCUT2D eigenvalue weighted by Crippen LogP contribution is 2.31. The lowest BCUT2D eigenvalue weighted by atomic mass is 10.2. The molecule has 1 aliphatic rings. The van der Waals surface area contributed by atoms with Crippen LogP contribution in [-0.2, 0) is 21.2 Å². The van der Waals surface area contributed by atoms with Crippen LogP contribution in [0.4, 0.5) is 9.52 Å². The van der Waals surface area contributed by atoms with E-state index in [-0.39, 0.29) is 29.5 Å². The number of sulfone groups is 1. The maximum absolute atomic E-state index is 13.6. The first-order chi connectivity index (χ1) is 14.9. The van der Waals surface area contributed by atoms with Crippen molar-refractivity contribution in [3.8, 4) is 0 Å². The van der Waals surface area contributed by atoms with Crippen LogP contribution in [0.1, 0.15) is 24.8 Å². The molecule has 160 valence electrons. The molecule has 0 radical (unpaired) electrons. The van der Waals surface area contributed by atoms with Crippen LogP contribution in [0.15, 0.2) is 65.9 Å². The minimum absolute atomic E-state index is 0.182. The summed E-state index contributed by atoms with van der Waals surface area (Å²) in [7, 11) is -3.55. The van der Waals surface area contributed by atoms with Crippen LogP contribution < -0.4 is 4.90 Å². The molecule has 3 aromatic rings. The van der Waals surface area contributed by atoms with E-state index in [2.05, 4.69) is 9.97 Å². The Kier molecular flexibility index (Phi) is 6.24. The average Bonchev–Trinajstić information content (AvgIpc) is 3.20. The second kappa shape index (κ2) is 9.07. The monoisotopic (exact) mass is 457 g/mol. The maximum atomic E-state index is 13.6. The second-order valence-corrected chi connectivity index (χ2v) is 10.2. The highest BCUT2D eigenvalue weighted by Gasteiger charge is 2.24. The molecule has 6 nitrogen and oxygen atoms in total. The summed E-state index contributed by atoms with van der Waals surface area (Å²) in [6.07, 6.45) is 9.69. The third-order valence-electron chi connectivity index (χ3n) is 4.84. The predicted molar refractivity (Wildman–Crippen MR) is 120 cm³/mol. The molecule has 0 saturated heterocycles. The zero-order valence-corrected chi connectivity index (χ0v) is 18.2. The molecule has 0 saturated carbocycles. The van der Waals surface area contributed by atoms with Crippen LogP contribution in [0.3, 0.4) is 0 Å². The molecule has 0 atom stereocenters. The molecule has 4 rings (SSSR count). The van der Waals surface area contributed by atoms with Crippen molar-refractivity contribution in [2.45, 2.75) is 25.8 Å². The molecule has 2 aromatic heterocycles. The van der Waals surface area contributed by atoms with Gasteiger partial charge in [0.1, 0.15) is 5.82 Å². The first-order valence-corrected chi connectivity index (χ1v) is 12.2. The molecule has 9 heteroatoms. The molecule has 1 aliphatic carbocycles. The first-order valence-electron chi connectivity index (χ1n) is 9.77. The molecule has 1 aromatic carbocycles. The van der Waals surface area contributed by atoms with Crippen molar-refractivity contribution in [2.75, 3.05) is 10.7 Å². The highest BCUT2D eigenvalue weighted by molar-refractivity contribution is 7.95. The van der Waals surface area contributed by atoms with Crippen molar-refractivity contribution >= 4 is 42.4 Å². The number of hydrogen-bond donors (Lipinski definition) is 0. The van der Waals surface area contributed by atoms with Gasteiger partial charge in [0.15, 0.2) is 15.0 Å². The Morgan fingerprint density at radius 2 is 2.10 bits per heavy atom. The Labute approximate surface area is 183 Å².